The third kappa shape index (κ3) is 5.02. The number of carbonyl (C=O) groups is 1. The van der Waals surface area contributed by atoms with E-state index in [4.69, 9.17) is 0 Å². The van der Waals surface area contributed by atoms with Crippen molar-refractivity contribution in [3.05, 3.63) is 30.3 Å². The van der Waals surface area contributed by atoms with Crippen molar-refractivity contribution in [3.8, 4) is 0 Å². The van der Waals surface area contributed by atoms with Crippen LogP contribution in [0.3, 0.4) is 0 Å². The van der Waals surface area contributed by atoms with E-state index in [1.54, 1.807) is 0 Å². The van der Waals surface area contributed by atoms with Crippen molar-refractivity contribution in [2.75, 3.05) is 38.6 Å². The van der Waals surface area contributed by atoms with E-state index < -0.39 is 0 Å². The summed E-state index contributed by atoms with van der Waals surface area (Å²) < 4.78 is 0. The molecule has 0 radical (unpaired) electrons. The van der Waals surface area contributed by atoms with Gasteiger partial charge >= 0.3 is 0 Å². The summed E-state index contributed by atoms with van der Waals surface area (Å²) in [4.78, 5) is 16.7. The van der Waals surface area contributed by atoms with Gasteiger partial charge in [-0.25, -0.2) is 0 Å². The van der Waals surface area contributed by atoms with Gasteiger partial charge in [0.05, 0.1) is 6.04 Å². The lowest BCUT2D eigenvalue weighted by molar-refractivity contribution is -0.126. The fourth-order valence-corrected chi connectivity index (χ4v) is 3.04. The second kappa shape index (κ2) is 8.79. The number of para-hydroxylation sites is 1. The van der Waals surface area contributed by atoms with Gasteiger partial charge in [0.1, 0.15) is 0 Å². The van der Waals surface area contributed by atoms with E-state index in [2.05, 4.69) is 53.5 Å². The fraction of sp³-hybridized carbons (Fsp3) is 0.611. The molecule has 0 saturated carbocycles. The average molecular weight is 303 g/mol. The number of anilines is 1. The van der Waals surface area contributed by atoms with Crippen LogP contribution in [0, 0.1) is 0 Å². The highest BCUT2D eigenvalue weighted by atomic mass is 16.2. The van der Waals surface area contributed by atoms with Gasteiger partial charge in [-0.3, -0.25) is 9.69 Å². The summed E-state index contributed by atoms with van der Waals surface area (Å²) in [7, 11) is 4.16. The van der Waals surface area contributed by atoms with Crippen LogP contribution in [0.4, 0.5) is 5.69 Å². The van der Waals surface area contributed by atoms with Crippen molar-refractivity contribution in [1.29, 1.82) is 0 Å². The van der Waals surface area contributed by atoms with Gasteiger partial charge in [-0.1, -0.05) is 31.0 Å². The first-order valence-electron chi connectivity index (χ1n) is 8.42. The number of nitrogens with zero attached hydrogens (tertiary/aromatic N) is 2. The first-order chi connectivity index (χ1) is 10.7. The topological polar surface area (TPSA) is 35.6 Å². The van der Waals surface area contributed by atoms with E-state index >= 15 is 0 Å². The van der Waals surface area contributed by atoms with E-state index in [0.717, 1.165) is 32.5 Å². The zero-order valence-electron chi connectivity index (χ0n) is 13.9. The van der Waals surface area contributed by atoms with Crippen molar-refractivity contribution in [2.45, 2.75) is 38.1 Å². The van der Waals surface area contributed by atoms with Crippen molar-refractivity contribution >= 4 is 11.6 Å². The number of carbonyl (C=O) groups excluding carboxylic acids is 1. The monoisotopic (exact) mass is 303 g/mol. The summed E-state index contributed by atoms with van der Waals surface area (Å²) in [6.07, 6.45) is 5.58. The van der Waals surface area contributed by atoms with Crippen LogP contribution in [0.2, 0.25) is 0 Å². The van der Waals surface area contributed by atoms with E-state index in [0.29, 0.717) is 0 Å². The molecule has 0 spiro atoms. The Morgan fingerprint density at radius 2 is 2.05 bits per heavy atom. The number of hydrogen-bond acceptors (Lipinski definition) is 3. The van der Waals surface area contributed by atoms with Gasteiger partial charge in [0.2, 0.25) is 5.91 Å². The fourth-order valence-electron chi connectivity index (χ4n) is 3.04. The molecule has 1 aliphatic heterocycles. The predicted octanol–water partition coefficient (Wildman–Crippen LogP) is 2.50. The third-order valence-electron chi connectivity index (χ3n) is 4.49. The lowest BCUT2D eigenvalue weighted by Crippen LogP contribution is -2.45. The largest absolute Gasteiger partial charge is 0.375 e. The smallest absolute Gasteiger partial charge is 0.237 e. The zero-order chi connectivity index (χ0) is 15.8. The SMILES string of the molecule is CN(CCCNC(=O)[C@@H]1CCCCCN1C)c1ccccc1. The lowest BCUT2D eigenvalue weighted by atomic mass is 10.1. The van der Waals surface area contributed by atoms with Crippen molar-refractivity contribution in [2.24, 2.45) is 0 Å². The summed E-state index contributed by atoms with van der Waals surface area (Å²) >= 11 is 0. The first-order valence-corrected chi connectivity index (χ1v) is 8.42. The van der Waals surface area contributed by atoms with E-state index in [1.165, 1.54) is 24.9 Å². The Morgan fingerprint density at radius 3 is 2.82 bits per heavy atom. The number of likely N-dealkylation sites (N-methyl/N-ethyl adjacent to an activating group) is 1. The Balaban J connectivity index is 1.68. The Hall–Kier alpha value is -1.55. The van der Waals surface area contributed by atoms with Crippen molar-refractivity contribution in [1.82, 2.24) is 10.2 Å². The number of hydrogen-bond donors (Lipinski definition) is 1. The molecule has 1 N–H and O–H groups in total. The van der Waals surface area contributed by atoms with E-state index in [1.807, 2.05) is 6.07 Å². The molecule has 22 heavy (non-hydrogen) atoms. The minimum absolute atomic E-state index is 0.0642. The first kappa shape index (κ1) is 16.8. The number of nitrogens with one attached hydrogen (secondary N) is 1. The molecule has 0 aromatic heterocycles. The quantitative estimate of drug-likeness (QED) is 0.820. The Kier molecular flexibility index (Phi) is 6.72. The predicted molar refractivity (Wildman–Crippen MR) is 92.2 cm³/mol. The minimum Gasteiger partial charge on any atom is -0.375 e. The van der Waals surface area contributed by atoms with Crippen molar-refractivity contribution < 1.29 is 4.79 Å². The average Bonchev–Trinajstić information content (AvgIpc) is 2.76. The van der Waals surface area contributed by atoms with Crippen LogP contribution in [0.5, 0.6) is 0 Å². The number of likely N-dealkylation sites (tertiary alicyclic amines) is 1. The molecule has 1 atom stereocenters. The van der Waals surface area contributed by atoms with E-state index in [-0.39, 0.29) is 11.9 Å². The maximum atomic E-state index is 12.3. The van der Waals surface area contributed by atoms with Gasteiger partial charge in [0.15, 0.2) is 0 Å². The highest BCUT2D eigenvalue weighted by Gasteiger charge is 2.23. The molecular weight excluding hydrogens is 274 g/mol. The summed E-state index contributed by atoms with van der Waals surface area (Å²) in [6.45, 7) is 2.74. The maximum Gasteiger partial charge on any atom is 0.237 e. The molecule has 4 nitrogen and oxygen atoms in total. The second-order valence-electron chi connectivity index (χ2n) is 6.25. The summed E-state index contributed by atoms with van der Waals surface area (Å²) in [5, 5.41) is 3.11. The molecule has 4 heteroatoms. The Labute approximate surface area is 134 Å². The molecule has 2 rings (SSSR count). The molecule has 1 fully saturated rings. The third-order valence-corrected chi connectivity index (χ3v) is 4.49. The summed E-state index contributed by atoms with van der Waals surface area (Å²) in [5.74, 6) is 0.201. The standard InChI is InChI=1S/C18H29N3O/c1-20(16-10-5-3-6-11-16)15-9-13-19-18(22)17-12-7-4-8-14-21(17)2/h3,5-6,10-11,17H,4,7-9,12-15H2,1-2H3,(H,19,22)/t17-/m0/s1. The van der Waals surface area contributed by atoms with Gasteiger partial charge in [-0.05, 0) is 45.0 Å². The van der Waals surface area contributed by atoms with Crippen LogP contribution in [0.1, 0.15) is 32.1 Å². The number of rotatable bonds is 6. The summed E-state index contributed by atoms with van der Waals surface area (Å²) in [6, 6.07) is 10.4. The van der Waals surface area contributed by atoms with Gasteiger partial charge in [-0.2, -0.15) is 0 Å². The van der Waals surface area contributed by atoms with Gasteiger partial charge in [0, 0.05) is 25.8 Å². The van der Waals surface area contributed by atoms with Crippen LogP contribution in [0.15, 0.2) is 30.3 Å². The molecule has 1 saturated heterocycles. The zero-order valence-corrected chi connectivity index (χ0v) is 13.9. The molecule has 122 valence electrons. The highest BCUT2D eigenvalue weighted by molar-refractivity contribution is 5.81. The molecule has 1 heterocycles. The second-order valence-corrected chi connectivity index (χ2v) is 6.25. The molecule has 0 unspecified atom stereocenters. The molecular formula is C18H29N3O. The van der Waals surface area contributed by atoms with Gasteiger partial charge in [0.25, 0.3) is 0 Å². The Bertz CT molecular complexity index is 449. The highest BCUT2D eigenvalue weighted by Crippen LogP contribution is 2.15. The lowest BCUT2D eigenvalue weighted by Gasteiger charge is -2.25. The molecule has 1 aromatic rings. The molecule has 1 aromatic carbocycles. The number of amides is 1. The maximum absolute atomic E-state index is 12.3. The summed E-state index contributed by atoms with van der Waals surface area (Å²) in [5.41, 5.74) is 1.22. The van der Waals surface area contributed by atoms with Crippen LogP contribution in [-0.4, -0.2) is 50.6 Å². The van der Waals surface area contributed by atoms with Crippen LogP contribution >= 0.6 is 0 Å². The van der Waals surface area contributed by atoms with E-state index in [9.17, 15) is 4.79 Å². The Morgan fingerprint density at radius 1 is 1.27 bits per heavy atom. The minimum atomic E-state index is 0.0642. The van der Waals surface area contributed by atoms with Crippen LogP contribution in [0.25, 0.3) is 0 Å². The molecule has 0 aliphatic carbocycles. The van der Waals surface area contributed by atoms with Crippen molar-refractivity contribution in [3.63, 3.8) is 0 Å². The van der Waals surface area contributed by atoms with Gasteiger partial charge < -0.3 is 10.2 Å². The van der Waals surface area contributed by atoms with Crippen LogP contribution in [-0.2, 0) is 4.79 Å². The van der Waals surface area contributed by atoms with Gasteiger partial charge in [-0.15, -0.1) is 0 Å². The number of benzene rings is 1. The molecule has 1 aliphatic rings. The molecule has 1 amide bonds. The normalized spacial score (nSPS) is 19.5. The van der Waals surface area contributed by atoms with Crippen LogP contribution < -0.4 is 10.2 Å². The molecule has 0 bridgehead atoms.